The molecule has 0 atom stereocenters. The number of pyridine rings is 1. The number of hydrogen-bond acceptors (Lipinski definition) is 4. The fraction of sp³-hybridized carbons (Fsp3) is 0.571. The molecule has 1 aromatic heterocycles. The molecule has 0 aliphatic carbocycles. The number of carbonyl (C=O) groups excluding carboxylic acids is 1. The van der Waals surface area contributed by atoms with Gasteiger partial charge in [-0.1, -0.05) is 0 Å². The Morgan fingerprint density at radius 3 is 2.79 bits per heavy atom. The third-order valence-corrected chi connectivity index (χ3v) is 3.67. The molecule has 2 N–H and O–H groups in total. The predicted octanol–water partition coefficient (Wildman–Crippen LogP) is 1.05. The molecule has 1 aliphatic heterocycles. The molecule has 1 aromatic rings. The van der Waals surface area contributed by atoms with Crippen molar-refractivity contribution in [3.05, 3.63) is 23.5 Å². The molecule has 1 saturated heterocycles. The molecule has 104 valence electrons. The van der Waals surface area contributed by atoms with Gasteiger partial charge in [-0.2, -0.15) is 0 Å². The number of carbonyl (C=O) groups is 1. The molecular formula is C14H21N3O2. The van der Waals surface area contributed by atoms with Gasteiger partial charge < -0.3 is 10.4 Å². The van der Waals surface area contributed by atoms with Crippen LogP contribution in [-0.4, -0.2) is 41.0 Å². The molecule has 0 unspecified atom stereocenters. The van der Waals surface area contributed by atoms with Crippen LogP contribution in [0.4, 0.5) is 0 Å². The summed E-state index contributed by atoms with van der Waals surface area (Å²) in [7, 11) is 1.68. The van der Waals surface area contributed by atoms with Crippen molar-refractivity contribution in [2.24, 2.45) is 5.92 Å². The molecule has 5 heteroatoms. The number of nitrogens with one attached hydrogen (secondary N) is 1. The van der Waals surface area contributed by atoms with E-state index in [4.69, 9.17) is 0 Å². The number of nitrogens with zero attached hydrogens (tertiary/aromatic N) is 2. The van der Waals surface area contributed by atoms with Crippen LogP contribution in [0.3, 0.4) is 0 Å². The number of aryl methyl sites for hydroxylation is 1. The zero-order valence-electron chi connectivity index (χ0n) is 11.5. The summed E-state index contributed by atoms with van der Waals surface area (Å²) in [6.07, 6.45) is 1.73. The molecule has 1 fully saturated rings. The molecule has 2 heterocycles. The highest BCUT2D eigenvalue weighted by molar-refractivity contribution is 5.78. The summed E-state index contributed by atoms with van der Waals surface area (Å²) in [5.41, 5.74) is 1.63. The van der Waals surface area contributed by atoms with E-state index in [0.29, 0.717) is 6.54 Å². The summed E-state index contributed by atoms with van der Waals surface area (Å²) in [4.78, 5) is 18.2. The number of likely N-dealkylation sites (tertiary alicyclic amines) is 1. The second-order valence-corrected chi connectivity index (χ2v) is 5.08. The van der Waals surface area contributed by atoms with E-state index in [0.717, 1.165) is 37.3 Å². The highest BCUT2D eigenvalue weighted by atomic mass is 16.3. The van der Waals surface area contributed by atoms with Crippen molar-refractivity contribution >= 4 is 5.91 Å². The Morgan fingerprint density at radius 1 is 1.47 bits per heavy atom. The van der Waals surface area contributed by atoms with Crippen LogP contribution in [0, 0.1) is 12.8 Å². The van der Waals surface area contributed by atoms with Crippen LogP contribution in [0.1, 0.15) is 24.2 Å². The van der Waals surface area contributed by atoms with E-state index in [1.807, 2.05) is 6.92 Å². The van der Waals surface area contributed by atoms with Gasteiger partial charge >= 0.3 is 0 Å². The lowest BCUT2D eigenvalue weighted by Crippen LogP contribution is -2.39. The van der Waals surface area contributed by atoms with Crippen LogP contribution >= 0.6 is 0 Å². The molecule has 0 radical (unpaired) electrons. The SMILES string of the molecule is CNC(=O)C1CCN(Cc2nc(C)ccc2O)CC1. The van der Waals surface area contributed by atoms with E-state index in [1.165, 1.54) is 0 Å². The highest BCUT2D eigenvalue weighted by Gasteiger charge is 2.24. The van der Waals surface area contributed by atoms with Crippen molar-refractivity contribution in [3.8, 4) is 5.75 Å². The van der Waals surface area contributed by atoms with E-state index in [2.05, 4.69) is 15.2 Å². The average molecular weight is 263 g/mol. The molecule has 0 bridgehead atoms. The Morgan fingerprint density at radius 2 is 2.16 bits per heavy atom. The first-order valence-corrected chi connectivity index (χ1v) is 6.69. The minimum absolute atomic E-state index is 0.125. The second kappa shape index (κ2) is 6.02. The molecule has 1 aliphatic rings. The summed E-state index contributed by atoms with van der Waals surface area (Å²) in [6.45, 7) is 4.30. The smallest absolute Gasteiger partial charge is 0.222 e. The lowest BCUT2D eigenvalue weighted by atomic mass is 9.96. The fourth-order valence-electron chi connectivity index (χ4n) is 2.49. The van der Waals surface area contributed by atoms with Gasteiger partial charge in [-0.15, -0.1) is 0 Å². The first-order valence-electron chi connectivity index (χ1n) is 6.69. The van der Waals surface area contributed by atoms with Crippen molar-refractivity contribution in [2.45, 2.75) is 26.3 Å². The molecule has 0 aromatic carbocycles. The molecular weight excluding hydrogens is 242 g/mol. The largest absolute Gasteiger partial charge is 0.506 e. The molecule has 2 rings (SSSR count). The first-order chi connectivity index (χ1) is 9.10. The minimum atomic E-state index is 0.125. The summed E-state index contributed by atoms with van der Waals surface area (Å²) < 4.78 is 0. The van der Waals surface area contributed by atoms with Gasteiger partial charge in [0.1, 0.15) is 5.75 Å². The van der Waals surface area contributed by atoms with Crippen molar-refractivity contribution in [1.29, 1.82) is 0 Å². The molecule has 0 saturated carbocycles. The maximum atomic E-state index is 11.5. The highest BCUT2D eigenvalue weighted by Crippen LogP contribution is 2.22. The summed E-state index contributed by atoms with van der Waals surface area (Å²) in [5, 5.41) is 12.5. The van der Waals surface area contributed by atoms with Crippen LogP contribution in [-0.2, 0) is 11.3 Å². The third-order valence-electron chi connectivity index (χ3n) is 3.67. The Bertz CT molecular complexity index is 454. The number of aromatic nitrogens is 1. The van der Waals surface area contributed by atoms with E-state index in [-0.39, 0.29) is 17.6 Å². The Kier molecular flexibility index (Phi) is 4.37. The number of hydrogen-bond donors (Lipinski definition) is 2. The Hall–Kier alpha value is -1.62. The van der Waals surface area contributed by atoms with Gasteiger partial charge in [-0.3, -0.25) is 14.7 Å². The van der Waals surface area contributed by atoms with E-state index < -0.39 is 0 Å². The predicted molar refractivity (Wildman–Crippen MR) is 72.7 cm³/mol. The van der Waals surface area contributed by atoms with E-state index in [9.17, 15) is 9.90 Å². The van der Waals surface area contributed by atoms with Crippen molar-refractivity contribution in [1.82, 2.24) is 15.2 Å². The maximum absolute atomic E-state index is 11.5. The Balaban J connectivity index is 1.92. The van der Waals surface area contributed by atoms with Crippen LogP contribution in [0.2, 0.25) is 0 Å². The standard InChI is InChI=1S/C14H21N3O2/c1-10-3-4-13(18)12(16-10)9-17-7-5-11(6-8-17)14(19)15-2/h3-4,11,18H,5-9H2,1-2H3,(H,15,19). The normalized spacial score (nSPS) is 17.4. The average Bonchev–Trinajstić information content (AvgIpc) is 2.43. The van der Waals surface area contributed by atoms with Gasteiger partial charge in [-0.05, 0) is 45.0 Å². The van der Waals surface area contributed by atoms with Gasteiger partial charge in [0.2, 0.25) is 5.91 Å². The number of rotatable bonds is 3. The minimum Gasteiger partial charge on any atom is -0.506 e. The van der Waals surface area contributed by atoms with Crippen molar-refractivity contribution < 1.29 is 9.90 Å². The number of amides is 1. The van der Waals surface area contributed by atoms with Gasteiger partial charge in [0.15, 0.2) is 0 Å². The lowest BCUT2D eigenvalue weighted by molar-refractivity contribution is -0.125. The monoisotopic (exact) mass is 263 g/mol. The van der Waals surface area contributed by atoms with E-state index in [1.54, 1.807) is 19.2 Å². The third kappa shape index (κ3) is 3.44. The van der Waals surface area contributed by atoms with Crippen LogP contribution in [0.25, 0.3) is 0 Å². The lowest BCUT2D eigenvalue weighted by Gasteiger charge is -2.30. The maximum Gasteiger partial charge on any atom is 0.222 e. The van der Waals surface area contributed by atoms with Crippen LogP contribution in [0.15, 0.2) is 12.1 Å². The van der Waals surface area contributed by atoms with Crippen LogP contribution in [0.5, 0.6) is 5.75 Å². The number of piperidine rings is 1. The van der Waals surface area contributed by atoms with Gasteiger partial charge in [0.05, 0.1) is 5.69 Å². The first kappa shape index (κ1) is 13.8. The molecule has 1 amide bonds. The molecule has 19 heavy (non-hydrogen) atoms. The zero-order chi connectivity index (χ0) is 13.8. The van der Waals surface area contributed by atoms with Gasteiger partial charge in [0.25, 0.3) is 0 Å². The topological polar surface area (TPSA) is 65.5 Å². The van der Waals surface area contributed by atoms with E-state index >= 15 is 0 Å². The summed E-state index contributed by atoms with van der Waals surface area (Å²) in [6, 6.07) is 3.49. The van der Waals surface area contributed by atoms with Crippen molar-refractivity contribution in [3.63, 3.8) is 0 Å². The van der Waals surface area contributed by atoms with Crippen molar-refractivity contribution in [2.75, 3.05) is 20.1 Å². The zero-order valence-corrected chi connectivity index (χ0v) is 11.5. The molecule has 5 nitrogen and oxygen atoms in total. The number of aromatic hydroxyl groups is 1. The van der Waals surface area contributed by atoms with Gasteiger partial charge in [0, 0.05) is 25.2 Å². The fourth-order valence-corrected chi connectivity index (χ4v) is 2.49. The Labute approximate surface area is 113 Å². The summed E-state index contributed by atoms with van der Waals surface area (Å²) in [5.74, 6) is 0.510. The summed E-state index contributed by atoms with van der Waals surface area (Å²) >= 11 is 0. The van der Waals surface area contributed by atoms with Crippen LogP contribution < -0.4 is 5.32 Å². The van der Waals surface area contributed by atoms with Gasteiger partial charge in [-0.25, -0.2) is 0 Å². The molecule has 0 spiro atoms. The second-order valence-electron chi connectivity index (χ2n) is 5.08. The quantitative estimate of drug-likeness (QED) is 0.855.